The van der Waals surface area contributed by atoms with Crippen molar-refractivity contribution in [3.63, 3.8) is 0 Å². The molecule has 4 aromatic rings. The van der Waals surface area contributed by atoms with Crippen molar-refractivity contribution in [3.05, 3.63) is 104 Å². The summed E-state index contributed by atoms with van der Waals surface area (Å²) in [5, 5.41) is 15.5. The number of benzene rings is 2. The summed E-state index contributed by atoms with van der Waals surface area (Å²) in [5.74, 6) is 0.752. The van der Waals surface area contributed by atoms with E-state index in [4.69, 9.17) is 13.9 Å². The number of ether oxygens (including phenoxy) is 2. The molecule has 0 aliphatic rings. The van der Waals surface area contributed by atoms with Crippen LogP contribution >= 0.6 is 15.9 Å². The highest BCUT2D eigenvalue weighted by atomic mass is 79.9. The molecule has 0 aliphatic carbocycles. The van der Waals surface area contributed by atoms with Gasteiger partial charge in [-0.3, -0.25) is 14.9 Å². The molecule has 10 nitrogen and oxygen atoms in total. The van der Waals surface area contributed by atoms with Crippen molar-refractivity contribution in [1.82, 2.24) is 9.99 Å². The lowest BCUT2D eigenvalue weighted by molar-refractivity contribution is -0.386. The van der Waals surface area contributed by atoms with Crippen molar-refractivity contribution in [2.24, 2.45) is 5.10 Å². The summed E-state index contributed by atoms with van der Waals surface area (Å²) in [6.45, 7) is 8.01. The zero-order valence-electron chi connectivity index (χ0n) is 22.5. The fourth-order valence-electron chi connectivity index (χ4n) is 3.93. The average Bonchev–Trinajstić information content (AvgIpc) is 3.55. The van der Waals surface area contributed by atoms with Crippen molar-refractivity contribution in [2.45, 2.75) is 46.8 Å². The maximum absolute atomic E-state index is 12.5. The minimum atomic E-state index is -0.574. The maximum Gasteiger partial charge on any atom is 0.312 e. The van der Waals surface area contributed by atoms with E-state index in [1.165, 1.54) is 18.3 Å². The second-order valence-corrected chi connectivity index (χ2v) is 10.00. The number of hydrogen-bond acceptors (Lipinski definition) is 7. The minimum Gasteiger partial charge on any atom is -0.486 e. The predicted octanol–water partition coefficient (Wildman–Crippen LogP) is 6.88. The Bertz CT molecular complexity index is 1520. The molecule has 1 N–H and O–H groups in total. The summed E-state index contributed by atoms with van der Waals surface area (Å²) in [6, 6.07) is 18.0. The zero-order valence-corrected chi connectivity index (χ0v) is 24.1. The number of carbonyl (C=O) groups excluding carboxylic acids is 1. The number of hydrogen-bond donors (Lipinski definition) is 1. The van der Waals surface area contributed by atoms with E-state index >= 15 is 0 Å². The van der Waals surface area contributed by atoms with Gasteiger partial charge in [0.15, 0.2) is 5.76 Å². The van der Waals surface area contributed by atoms with Gasteiger partial charge in [0.1, 0.15) is 18.1 Å². The number of carbonyl (C=O) groups is 1. The molecule has 0 fully saturated rings. The number of hydrazone groups is 1. The van der Waals surface area contributed by atoms with Crippen LogP contribution in [-0.2, 0) is 6.61 Å². The second-order valence-electron chi connectivity index (χ2n) is 9.14. The average molecular weight is 609 g/mol. The number of rotatable bonds is 11. The van der Waals surface area contributed by atoms with Crippen molar-refractivity contribution in [2.75, 3.05) is 0 Å². The van der Waals surface area contributed by atoms with Gasteiger partial charge in [0.2, 0.25) is 5.75 Å². The van der Waals surface area contributed by atoms with Gasteiger partial charge in [0.05, 0.1) is 21.7 Å². The minimum absolute atomic E-state index is 0.0501. The highest BCUT2D eigenvalue weighted by molar-refractivity contribution is 9.10. The van der Waals surface area contributed by atoms with E-state index in [1.807, 2.05) is 38.1 Å². The van der Waals surface area contributed by atoms with Gasteiger partial charge in [-0.25, -0.2) is 5.43 Å². The molecule has 2 heterocycles. The standard InChI is InChI=1S/C29H29BrN4O6/c1-5-20(4)39-28-25(30)14-21(15-26(28)34(36)37)16-31-32-29(35)27-13-12-24(40-27)17-38-23-10-8-22(9-11-23)33-18(2)6-7-19(33)3/h6-16,20H,5,17H2,1-4H3,(H,32,35)/b31-16+/t20-/m0/s1. The van der Waals surface area contributed by atoms with Gasteiger partial charge in [-0.05, 0) is 97.7 Å². The Kier molecular flexibility index (Phi) is 9.05. The predicted molar refractivity (Wildman–Crippen MR) is 155 cm³/mol. The second kappa shape index (κ2) is 12.6. The molecule has 0 bridgehead atoms. The smallest absolute Gasteiger partial charge is 0.312 e. The first kappa shape index (κ1) is 28.6. The highest BCUT2D eigenvalue weighted by Crippen LogP contribution is 2.37. The van der Waals surface area contributed by atoms with E-state index in [0.29, 0.717) is 28.0 Å². The third kappa shape index (κ3) is 6.78. The van der Waals surface area contributed by atoms with Crippen LogP contribution in [0.1, 0.15) is 53.5 Å². The van der Waals surface area contributed by atoms with Crippen LogP contribution in [0.5, 0.6) is 11.5 Å². The van der Waals surface area contributed by atoms with Gasteiger partial charge in [0.25, 0.3) is 0 Å². The fourth-order valence-corrected chi connectivity index (χ4v) is 4.49. The summed E-state index contributed by atoms with van der Waals surface area (Å²) in [5.41, 5.74) is 5.90. The monoisotopic (exact) mass is 608 g/mol. The molecule has 1 amide bonds. The largest absolute Gasteiger partial charge is 0.486 e. The molecule has 0 unspecified atom stereocenters. The Morgan fingerprint density at radius 3 is 2.50 bits per heavy atom. The summed E-state index contributed by atoms with van der Waals surface area (Å²) in [7, 11) is 0. The van der Waals surface area contributed by atoms with Gasteiger partial charge >= 0.3 is 11.6 Å². The van der Waals surface area contributed by atoms with E-state index in [2.05, 4.69) is 57.0 Å². The molecule has 1 atom stereocenters. The van der Waals surface area contributed by atoms with Crippen LogP contribution in [-0.4, -0.2) is 27.7 Å². The number of nitrogens with one attached hydrogen (secondary N) is 1. The van der Waals surface area contributed by atoms with Crippen LogP contribution in [0.15, 0.2) is 74.7 Å². The van der Waals surface area contributed by atoms with Gasteiger partial charge in [-0.2, -0.15) is 5.10 Å². The van der Waals surface area contributed by atoms with Crippen molar-refractivity contribution < 1.29 is 23.6 Å². The van der Waals surface area contributed by atoms with Gasteiger partial charge in [-0.15, -0.1) is 0 Å². The summed E-state index contributed by atoms with van der Waals surface area (Å²) in [4.78, 5) is 23.5. The highest BCUT2D eigenvalue weighted by Gasteiger charge is 2.21. The quantitative estimate of drug-likeness (QED) is 0.112. The van der Waals surface area contributed by atoms with Crippen molar-refractivity contribution in [1.29, 1.82) is 0 Å². The number of furan rings is 1. The van der Waals surface area contributed by atoms with E-state index in [9.17, 15) is 14.9 Å². The molecule has 4 rings (SSSR count). The Morgan fingerprint density at radius 1 is 1.15 bits per heavy atom. The van der Waals surface area contributed by atoms with Crippen LogP contribution in [0.3, 0.4) is 0 Å². The zero-order chi connectivity index (χ0) is 28.8. The summed E-state index contributed by atoms with van der Waals surface area (Å²) in [6.07, 6.45) is 1.80. The van der Waals surface area contributed by atoms with E-state index < -0.39 is 10.8 Å². The SMILES string of the molecule is CC[C@H](C)Oc1c(Br)cc(/C=N/NC(=O)c2ccc(COc3ccc(-n4c(C)ccc4C)cc3)o2)cc1[N+](=O)[O-]. The van der Waals surface area contributed by atoms with Crippen LogP contribution in [0.25, 0.3) is 5.69 Å². The molecule has 2 aromatic carbocycles. The molecule has 11 heteroatoms. The molecule has 208 valence electrons. The normalized spacial score (nSPS) is 11.9. The van der Waals surface area contributed by atoms with Gasteiger partial charge in [0, 0.05) is 28.7 Å². The van der Waals surface area contributed by atoms with Crippen molar-refractivity contribution >= 4 is 33.7 Å². The molecule has 0 aliphatic heterocycles. The van der Waals surface area contributed by atoms with E-state index in [1.54, 1.807) is 12.1 Å². The molecule has 0 saturated heterocycles. The Hall–Kier alpha value is -4.38. The Balaban J connectivity index is 1.34. The summed E-state index contributed by atoms with van der Waals surface area (Å²) < 4.78 is 19.7. The van der Waals surface area contributed by atoms with Crippen LogP contribution in [0.2, 0.25) is 0 Å². The van der Waals surface area contributed by atoms with E-state index in [-0.39, 0.29) is 29.9 Å². The lowest BCUT2D eigenvalue weighted by atomic mass is 10.2. The molecular weight excluding hydrogens is 580 g/mol. The van der Waals surface area contributed by atoms with E-state index in [0.717, 1.165) is 17.1 Å². The third-order valence-corrected chi connectivity index (χ3v) is 6.74. The number of nitro benzene ring substituents is 1. The topological polar surface area (TPSA) is 121 Å². The Morgan fingerprint density at radius 2 is 1.85 bits per heavy atom. The first-order valence-corrected chi connectivity index (χ1v) is 13.4. The number of nitrogens with zero attached hydrogens (tertiary/aromatic N) is 3. The third-order valence-electron chi connectivity index (χ3n) is 6.15. The van der Waals surface area contributed by atoms with Crippen molar-refractivity contribution in [3.8, 4) is 17.2 Å². The first-order chi connectivity index (χ1) is 19.2. The molecule has 2 aromatic heterocycles. The number of aryl methyl sites for hydroxylation is 2. The molecule has 0 saturated carbocycles. The van der Waals surface area contributed by atoms with Gasteiger partial charge in [-0.1, -0.05) is 6.92 Å². The molecule has 40 heavy (non-hydrogen) atoms. The first-order valence-electron chi connectivity index (χ1n) is 12.6. The van der Waals surface area contributed by atoms with Crippen LogP contribution < -0.4 is 14.9 Å². The molecular formula is C29H29BrN4O6. The van der Waals surface area contributed by atoms with Crippen LogP contribution in [0.4, 0.5) is 5.69 Å². The van der Waals surface area contributed by atoms with Gasteiger partial charge < -0.3 is 18.5 Å². The number of nitro groups is 1. The Labute approximate surface area is 239 Å². The lowest BCUT2D eigenvalue weighted by Gasteiger charge is -2.14. The molecule has 0 spiro atoms. The molecule has 0 radical (unpaired) electrons. The lowest BCUT2D eigenvalue weighted by Crippen LogP contribution is -2.17. The van der Waals surface area contributed by atoms with Crippen LogP contribution in [0, 0.1) is 24.0 Å². The summed E-state index contributed by atoms with van der Waals surface area (Å²) >= 11 is 3.33. The number of amides is 1. The fraction of sp³-hybridized carbons (Fsp3) is 0.241. The number of halogens is 1. The number of aromatic nitrogens is 1. The maximum atomic E-state index is 12.5.